The van der Waals surface area contributed by atoms with Crippen LogP contribution in [-0.4, -0.2) is 81.2 Å². The number of carbonyl (C=O) groups excluding carboxylic acids is 1. The lowest BCUT2D eigenvalue weighted by Gasteiger charge is -2.36. The van der Waals surface area contributed by atoms with Crippen LogP contribution in [0.5, 0.6) is 0 Å². The van der Waals surface area contributed by atoms with Crippen molar-refractivity contribution in [3.8, 4) is 0 Å². The van der Waals surface area contributed by atoms with Crippen LogP contribution in [0.3, 0.4) is 0 Å². The fourth-order valence-corrected chi connectivity index (χ4v) is 3.51. The van der Waals surface area contributed by atoms with Crippen LogP contribution in [0.1, 0.15) is 47.0 Å². The topological polar surface area (TPSA) is 117 Å². The van der Waals surface area contributed by atoms with Gasteiger partial charge in [-0.1, -0.05) is 0 Å². The van der Waals surface area contributed by atoms with Gasteiger partial charge >= 0.3 is 7.12 Å². The number of hydrogen-bond acceptors (Lipinski definition) is 8. The monoisotopic (exact) mass is 406 g/mol. The van der Waals surface area contributed by atoms with Gasteiger partial charge in [-0.15, -0.1) is 0 Å². The van der Waals surface area contributed by atoms with Crippen molar-refractivity contribution in [3.05, 3.63) is 12.4 Å². The highest BCUT2D eigenvalue weighted by atomic mass is 16.7. The minimum absolute atomic E-state index is 0.0798. The van der Waals surface area contributed by atoms with Crippen molar-refractivity contribution in [2.45, 2.75) is 70.3 Å². The minimum atomic E-state index is -1.37. The molecule has 1 aromatic rings. The molecule has 3 N–H and O–H groups in total. The van der Waals surface area contributed by atoms with Gasteiger partial charge in [-0.25, -0.2) is 9.97 Å². The number of rotatable bonds is 6. The Kier molecular flexibility index (Phi) is 6.47. The number of nitrogens with zero attached hydrogens (tertiary/aromatic N) is 3. The van der Waals surface area contributed by atoms with Crippen LogP contribution in [0, 0.1) is 0 Å². The zero-order chi connectivity index (χ0) is 21.2. The Morgan fingerprint density at radius 2 is 1.90 bits per heavy atom. The molecule has 3 heterocycles. The van der Waals surface area contributed by atoms with E-state index in [0.717, 1.165) is 24.7 Å². The molecule has 1 aromatic heterocycles. The molecule has 2 aliphatic rings. The molecule has 0 aliphatic carbocycles. The molecule has 2 aliphatic heterocycles. The molecule has 160 valence electrons. The van der Waals surface area contributed by atoms with Gasteiger partial charge in [0.1, 0.15) is 0 Å². The largest absolute Gasteiger partial charge is 0.498 e. The number of nitrogens with one attached hydrogen (secondary N) is 1. The molecule has 10 heteroatoms. The van der Waals surface area contributed by atoms with E-state index in [9.17, 15) is 9.90 Å². The van der Waals surface area contributed by atoms with Gasteiger partial charge in [-0.2, -0.15) is 0 Å². The number of piperidine rings is 1. The van der Waals surface area contributed by atoms with E-state index >= 15 is 0 Å². The lowest BCUT2D eigenvalue weighted by atomic mass is 9.81. The summed E-state index contributed by atoms with van der Waals surface area (Å²) in [5.74, 6) is 0.0157. The van der Waals surface area contributed by atoms with E-state index in [1.54, 1.807) is 17.3 Å². The first-order chi connectivity index (χ1) is 13.6. The Morgan fingerprint density at radius 3 is 2.48 bits per heavy atom. The van der Waals surface area contributed by atoms with Crippen LogP contribution in [0.25, 0.3) is 0 Å². The normalized spacial score (nSPS) is 24.4. The summed E-state index contributed by atoms with van der Waals surface area (Å²) in [5, 5.41) is 21.9. The van der Waals surface area contributed by atoms with Crippen LogP contribution in [-0.2, 0) is 14.1 Å². The van der Waals surface area contributed by atoms with Gasteiger partial charge in [0, 0.05) is 37.0 Å². The number of hydrogen-bond donors (Lipinski definition) is 3. The van der Waals surface area contributed by atoms with Crippen LogP contribution in [0.15, 0.2) is 12.4 Å². The van der Waals surface area contributed by atoms with Gasteiger partial charge < -0.3 is 29.7 Å². The second kappa shape index (κ2) is 8.55. The van der Waals surface area contributed by atoms with Gasteiger partial charge in [0.25, 0.3) is 5.91 Å². The Morgan fingerprint density at radius 1 is 1.28 bits per heavy atom. The zero-order valence-electron chi connectivity index (χ0n) is 17.6. The number of anilines is 1. The highest BCUT2D eigenvalue weighted by Crippen LogP contribution is 2.36. The SMILES string of the molecule is CC1(C)OB(c2cnc(NC[C@H]3CCCCN3C(=O)[C@H](O)CO)nc2)OC1(C)C. The maximum absolute atomic E-state index is 12.3. The molecule has 2 atom stereocenters. The molecular weight excluding hydrogens is 375 g/mol. The van der Waals surface area contributed by atoms with Gasteiger partial charge in [-0.3, -0.25) is 4.79 Å². The molecule has 0 unspecified atom stereocenters. The maximum atomic E-state index is 12.3. The fourth-order valence-electron chi connectivity index (χ4n) is 3.51. The molecule has 0 radical (unpaired) electrons. The van der Waals surface area contributed by atoms with Crippen molar-refractivity contribution >= 4 is 24.4 Å². The second-order valence-electron chi connectivity index (χ2n) is 8.69. The predicted octanol–water partition coefficient (Wildman–Crippen LogP) is -0.0780. The van der Waals surface area contributed by atoms with Crippen molar-refractivity contribution in [2.75, 3.05) is 25.0 Å². The molecule has 1 amide bonds. The van der Waals surface area contributed by atoms with Gasteiger partial charge in [0.15, 0.2) is 6.10 Å². The highest BCUT2D eigenvalue weighted by Gasteiger charge is 2.52. The third-order valence-electron chi connectivity index (χ3n) is 6.06. The molecule has 2 fully saturated rings. The fraction of sp³-hybridized carbons (Fsp3) is 0.737. The molecule has 0 bridgehead atoms. The smallest absolute Gasteiger partial charge is 0.399 e. The number of carbonyl (C=O) groups is 1. The average Bonchev–Trinajstić information content (AvgIpc) is 2.93. The first-order valence-corrected chi connectivity index (χ1v) is 10.2. The number of likely N-dealkylation sites (tertiary alicyclic amines) is 1. The molecule has 0 saturated carbocycles. The molecule has 29 heavy (non-hydrogen) atoms. The van der Waals surface area contributed by atoms with E-state index in [1.807, 2.05) is 27.7 Å². The van der Waals surface area contributed by atoms with Crippen LogP contribution >= 0.6 is 0 Å². The number of aromatic nitrogens is 2. The van der Waals surface area contributed by atoms with E-state index in [1.165, 1.54) is 0 Å². The van der Waals surface area contributed by atoms with Gasteiger partial charge in [-0.05, 0) is 47.0 Å². The van der Waals surface area contributed by atoms with Gasteiger partial charge in [0.05, 0.1) is 17.8 Å². The zero-order valence-corrected chi connectivity index (χ0v) is 17.6. The Balaban J connectivity index is 1.59. The van der Waals surface area contributed by atoms with E-state index in [-0.39, 0.29) is 6.04 Å². The summed E-state index contributed by atoms with van der Waals surface area (Å²) in [5.41, 5.74) is -0.107. The summed E-state index contributed by atoms with van der Waals surface area (Å²) in [4.78, 5) is 22.6. The minimum Gasteiger partial charge on any atom is -0.399 e. The average molecular weight is 406 g/mol. The summed E-state index contributed by atoms with van der Waals surface area (Å²) in [6, 6.07) is -0.0798. The third kappa shape index (κ3) is 4.71. The second-order valence-corrected chi connectivity index (χ2v) is 8.69. The third-order valence-corrected chi connectivity index (χ3v) is 6.06. The van der Waals surface area contributed by atoms with Crippen LogP contribution in [0.4, 0.5) is 5.95 Å². The molecule has 2 saturated heterocycles. The van der Waals surface area contributed by atoms with E-state index in [2.05, 4.69) is 15.3 Å². The quantitative estimate of drug-likeness (QED) is 0.562. The Hall–Kier alpha value is -1.75. The standard InChI is InChI=1S/C19H31BN4O5/c1-18(2)19(3,4)29-20(28-18)13-9-21-17(22-10-13)23-11-14-7-5-6-8-24(14)16(27)15(26)12-25/h9-10,14-15,25-26H,5-8,11-12H2,1-4H3,(H,21,22,23)/t14-,15-/m1/s1. The molecule has 3 rings (SSSR count). The molecule has 0 spiro atoms. The number of aliphatic hydroxyl groups excluding tert-OH is 2. The van der Waals surface area contributed by atoms with E-state index in [4.69, 9.17) is 14.4 Å². The lowest BCUT2D eigenvalue weighted by Crippen LogP contribution is -2.51. The van der Waals surface area contributed by atoms with Gasteiger partial charge in [0.2, 0.25) is 5.95 Å². The number of amides is 1. The lowest BCUT2D eigenvalue weighted by molar-refractivity contribution is -0.145. The van der Waals surface area contributed by atoms with Crippen LogP contribution in [0.2, 0.25) is 0 Å². The molecule has 0 aromatic carbocycles. The molecular formula is C19H31BN4O5. The molecule has 9 nitrogen and oxygen atoms in total. The van der Waals surface area contributed by atoms with E-state index in [0.29, 0.717) is 19.0 Å². The number of aliphatic hydroxyl groups is 2. The van der Waals surface area contributed by atoms with Crippen molar-refractivity contribution in [1.82, 2.24) is 14.9 Å². The maximum Gasteiger partial charge on any atom is 0.498 e. The summed E-state index contributed by atoms with van der Waals surface area (Å²) in [6.45, 7) is 8.45. The van der Waals surface area contributed by atoms with Crippen molar-refractivity contribution in [1.29, 1.82) is 0 Å². The highest BCUT2D eigenvalue weighted by molar-refractivity contribution is 6.61. The summed E-state index contributed by atoms with van der Waals surface area (Å²) in [7, 11) is -0.513. The summed E-state index contributed by atoms with van der Waals surface area (Å²) >= 11 is 0. The summed E-state index contributed by atoms with van der Waals surface area (Å²) in [6.07, 6.45) is 4.70. The first kappa shape index (κ1) is 22.0. The Bertz CT molecular complexity index is 699. The van der Waals surface area contributed by atoms with Crippen molar-refractivity contribution < 1.29 is 24.3 Å². The van der Waals surface area contributed by atoms with E-state index < -0.39 is 36.9 Å². The first-order valence-electron chi connectivity index (χ1n) is 10.2. The summed E-state index contributed by atoms with van der Waals surface area (Å²) < 4.78 is 12.0. The van der Waals surface area contributed by atoms with Crippen LogP contribution < -0.4 is 10.8 Å². The van der Waals surface area contributed by atoms with Crippen molar-refractivity contribution in [3.63, 3.8) is 0 Å². The van der Waals surface area contributed by atoms with Crippen molar-refractivity contribution in [2.24, 2.45) is 0 Å². The Labute approximate surface area is 172 Å². The predicted molar refractivity (Wildman–Crippen MR) is 109 cm³/mol.